The number of aryl methyl sites for hydroxylation is 1. The van der Waals surface area contributed by atoms with E-state index in [1.807, 2.05) is 72.4 Å². The molecule has 0 aliphatic carbocycles. The van der Waals surface area contributed by atoms with E-state index in [1.165, 1.54) is 0 Å². The summed E-state index contributed by atoms with van der Waals surface area (Å²) in [5.74, 6) is 1.89. The van der Waals surface area contributed by atoms with Crippen molar-refractivity contribution >= 4 is 5.95 Å². The number of hydrogen-bond acceptors (Lipinski definition) is 6. The SMILES string of the molecule is COc1cccc(-c2cnc(NC(CO)c3ccccc3)nc2-c2nccn2C)c1. The predicted octanol–water partition coefficient (Wildman–Crippen LogP) is 3.70. The molecule has 2 aromatic carbocycles. The second-order valence-electron chi connectivity index (χ2n) is 6.84. The molecule has 4 rings (SSSR count). The summed E-state index contributed by atoms with van der Waals surface area (Å²) in [5.41, 5.74) is 3.42. The number of aliphatic hydroxyl groups excluding tert-OH is 1. The van der Waals surface area contributed by atoms with Gasteiger partial charge in [-0.25, -0.2) is 15.0 Å². The number of methoxy groups -OCH3 is 1. The van der Waals surface area contributed by atoms with E-state index in [0.717, 1.165) is 28.3 Å². The van der Waals surface area contributed by atoms with Crippen LogP contribution in [0, 0.1) is 0 Å². The van der Waals surface area contributed by atoms with E-state index in [0.29, 0.717) is 11.6 Å². The third kappa shape index (κ3) is 4.01. The molecule has 1 unspecified atom stereocenters. The maximum absolute atomic E-state index is 9.88. The van der Waals surface area contributed by atoms with Crippen LogP contribution >= 0.6 is 0 Å². The Kier molecular flexibility index (Phi) is 5.72. The van der Waals surface area contributed by atoms with Crippen molar-refractivity contribution in [3.8, 4) is 28.4 Å². The summed E-state index contributed by atoms with van der Waals surface area (Å²) in [6.07, 6.45) is 5.38. The van der Waals surface area contributed by atoms with Gasteiger partial charge in [0, 0.05) is 31.2 Å². The fraction of sp³-hybridized carbons (Fsp3) is 0.174. The molecule has 0 aliphatic heterocycles. The molecule has 0 saturated heterocycles. The van der Waals surface area contributed by atoms with Gasteiger partial charge < -0.3 is 19.7 Å². The van der Waals surface area contributed by atoms with E-state index in [4.69, 9.17) is 9.72 Å². The highest BCUT2D eigenvalue weighted by atomic mass is 16.5. The maximum atomic E-state index is 9.88. The summed E-state index contributed by atoms with van der Waals surface area (Å²) in [7, 11) is 3.56. The molecule has 2 heterocycles. The summed E-state index contributed by atoms with van der Waals surface area (Å²) in [4.78, 5) is 13.8. The van der Waals surface area contributed by atoms with Gasteiger partial charge in [-0.3, -0.25) is 0 Å². The van der Waals surface area contributed by atoms with Crippen molar-refractivity contribution in [3.05, 3.63) is 78.8 Å². The predicted molar refractivity (Wildman–Crippen MR) is 116 cm³/mol. The summed E-state index contributed by atoms with van der Waals surface area (Å²) >= 11 is 0. The van der Waals surface area contributed by atoms with Crippen LogP contribution in [0.15, 0.2) is 73.2 Å². The first kappa shape index (κ1) is 19.6. The number of ether oxygens (including phenoxy) is 1. The van der Waals surface area contributed by atoms with Gasteiger partial charge in [0.25, 0.3) is 0 Å². The zero-order valence-corrected chi connectivity index (χ0v) is 16.9. The van der Waals surface area contributed by atoms with Gasteiger partial charge >= 0.3 is 0 Å². The van der Waals surface area contributed by atoms with Crippen LogP contribution in [-0.4, -0.2) is 38.3 Å². The molecule has 7 nitrogen and oxygen atoms in total. The van der Waals surface area contributed by atoms with Crippen LogP contribution in [0.4, 0.5) is 5.95 Å². The standard InChI is InChI=1S/C23H23N5O2/c1-28-12-11-24-22(28)21-19(17-9-6-10-18(13-17)30-2)14-25-23(27-21)26-20(15-29)16-7-4-3-5-8-16/h3-14,20,29H,15H2,1-2H3,(H,25,26,27). The van der Waals surface area contributed by atoms with Crippen molar-refractivity contribution in [2.24, 2.45) is 7.05 Å². The van der Waals surface area contributed by atoms with Crippen LogP contribution in [0.25, 0.3) is 22.6 Å². The Hall–Kier alpha value is -3.71. The maximum Gasteiger partial charge on any atom is 0.223 e. The van der Waals surface area contributed by atoms with Crippen molar-refractivity contribution in [1.82, 2.24) is 19.5 Å². The molecule has 0 fully saturated rings. The van der Waals surface area contributed by atoms with Gasteiger partial charge in [-0.1, -0.05) is 42.5 Å². The monoisotopic (exact) mass is 401 g/mol. The average molecular weight is 401 g/mol. The molecule has 7 heteroatoms. The van der Waals surface area contributed by atoms with E-state index >= 15 is 0 Å². The lowest BCUT2D eigenvalue weighted by atomic mass is 10.0. The first-order chi connectivity index (χ1) is 14.7. The van der Waals surface area contributed by atoms with Crippen molar-refractivity contribution in [2.45, 2.75) is 6.04 Å². The van der Waals surface area contributed by atoms with Crippen LogP contribution in [-0.2, 0) is 7.05 Å². The smallest absolute Gasteiger partial charge is 0.223 e. The van der Waals surface area contributed by atoms with Gasteiger partial charge in [0.15, 0.2) is 5.82 Å². The molecule has 0 amide bonds. The lowest BCUT2D eigenvalue weighted by Crippen LogP contribution is -2.17. The number of aromatic nitrogens is 4. The third-order valence-corrected chi connectivity index (χ3v) is 4.89. The van der Waals surface area contributed by atoms with Crippen LogP contribution in [0.5, 0.6) is 5.75 Å². The zero-order chi connectivity index (χ0) is 20.9. The van der Waals surface area contributed by atoms with Gasteiger partial charge in [-0.2, -0.15) is 0 Å². The van der Waals surface area contributed by atoms with Crippen molar-refractivity contribution < 1.29 is 9.84 Å². The average Bonchev–Trinajstić information content (AvgIpc) is 3.23. The molecular formula is C23H23N5O2. The number of hydrogen-bond donors (Lipinski definition) is 2. The summed E-state index contributed by atoms with van der Waals surface area (Å²) < 4.78 is 7.28. The minimum Gasteiger partial charge on any atom is -0.497 e. The van der Waals surface area contributed by atoms with Crippen molar-refractivity contribution in [3.63, 3.8) is 0 Å². The molecular weight excluding hydrogens is 378 g/mol. The highest BCUT2D eigenvalue weighted by Gasteiger charge is 2.18. The molecule has 4 aromatic rings. The highest BCUT2D eigenvalue weighted by Crippen LogP contribution is 2.32. The Morgan fingerprint density at radius 3 is 2.63 bits per heavy atom. The molecule has 0 aliphatic rings. The largest absolute Gasteiger partial charge is 0.497 e. The van der Waals surface area contributed by atoms with E-state index in [2.05, 4.69) is 15.3 Å². The molecule has 0 bridgehead atoms. The van der Waals surface area contributed by atoms with E-state index < -0.39 is 0 Å². The highest BCUT2D eigenvalue weighted by molar-refractivity contribution is 5.78. The number of benzene rings is 2. The second-order valence-corrected chi connectivity index (χ2v) is 6.84. The van der Waals surface area contributed by atoms with Crippen LogP contribution < -0.4 is 10.1 Å². The Balaban J connectivity index is 1.77. The van der Waals surface area contributed by atoms with E-state index in [-0.39, 0.29) is 12.6 Å². The second kappa shape index (κ2) is 8.75. The fourth-order valence-corrected chi connectivity index (χ4v) is 3.29. The van der Waals surface area contributed by atoms with Gasteiger partial charge in [-0.15, -0.1) is 0 Å². The van der Waals surface area contributed by atoms with Crippen LogP contribution in [0.2, 0.25) is 0 Å². The molecule has 0 radical (unpaired) electrons. The van der Waals surface area contributed by atoms with E-state index in [1.54, 1.807) is 19.5 Å². The van der Waals surface area contributed by atoms with Crippen LogP contribution in [0.3, 0.4) is 0 Å². The van der Waals surface area contributed by atoms with Gasteiger partial charge in [0.05, 0.1) is 19.8 Å². The Bertz CT molecular complexity index is 1130. The van der Waals surface area contributed by atoms with Crippen molar-refractivity contribution in [1.29, 1.82) is 0 Å². The van der Waals surface area contributed by atoms with E-state index in [9.17, 15) is 5.11 Å². The quantitative estimate of drug-likeness (QED) is 0.491. The summed E-state index contributed by atoms with van der Waals surface area (Å²) in [6.45, 7) is -0.0806. The molecule has 152 valence electrons. The Morgan fingerprint density at radius 2 is 1.93 bits per heavy atom. The number of nitrogens with zero attached hydrogens (tertiary/aromatic N) is 4. The molecule has 30 heavy (non-hydrogen) atoms. The number of nitrogens with one attached hydrogen (secondary N) is 1. The minimum atomic E-state index is -0.317. The zero-order valence-electron chi connectivity index (χ0n) is 16.9. The number of rotatable bonds is 7. The molecule has 1 atom stereocenters. The van der Waals surface area contributed by atoms with Gasteiger partial charge in [0.2, 0.25) is 5.95 Å². The minimum absolute atomic E-state index is 0.0806. The molecule has 0 saturated carbocycles. The molecule has 2 aromatic heterocycles. The number of aliphatic hydroxyl groups is 1. The number of anilines is 1. The third-order valence-electron chi connectivity index (χ3n) is 4.89. The van der Waals surface area contributed by atoms with Crippen molar-refractivity contribution in [2.75, 3.05) is 19.0 Å². The lowest BCUT2D eigenvalue weighted by Gasteiger charge is -2.18. The summed E-state index contributed by atoms with van der Waals surface area (Å²) in [6, 6.07) is 17.2. The normalized spacial score (nSPS) is 11.8. The lowest BCUT2D eigenvalue weighted by molar-refractivity contribution is 0.276. The first-order valence-corrected chi connectivity index (χ1v) is 9.61. The van der Waals surface area contributed by atoms with Gasteiger partial charge in [-0.05, 0) is 23.3 Å². The fourth-order valence-electron chi connectivity index (χ4n) is 3.29. The van der Waals surface area contributed by atoms with Crippen LogP contribution in [0.1, 0.15) is 11.6 Å². The number of imidazole rings is 1. The van der Waals surface area contributed by atoms with Gasteiger partial charge in [0.1, 0.15) is 11.4 Å². The molecule has 2 N–H and O–H groups in total. The summed E-state index contributed by atoms with van der Waals surface area (Å²) in [5, 5.41) is 13.1. The first-order valence-electron chi connectivity index (χ1n) is 9.61. The molecule has 0 spiro atoms. The Morgan fingerprint density at radius 1 is 1.10 bits per heavy atom. The topological polar surface area (TPSA) is 85.1 Å². The Labute approximate surface area is 175 Å².